The largest absolute Gasteiger partial charge is 0.459 e. The number of hydrogen-bond acceptors (Lipinski definition) is 8. The summed E-state index contributed by atoms with van der Waals surface area (Å²) in [5.74, 6) is 0.199. The third-order valence-electron chi connectivity index (χ3n) is 9.85. The lowest BCUT2D eigenvalue weighted by Gasteiger charge is -2.49. The van der Waals surface area contributed by atoms with Crippen molar-refractivity contribution in [3.8, 4) is 0 Å². The van der Waals surface area contributed by atoms with E-state index in [4.69, 9.17) is 23.7 Å². The maximum Gasteiger partial charge on any atom is 0.338 e. The predicted octanol–water partition coefficient (Wildman–Crippen LogP) is 9.40. The molecule has 0 saturated carbocycles. The molecule has 1 heterocycles. The minimum atomic E-state index is -1.34. The minimum Gasteiger partial charge on any atom is -0.459 e. The number of esters is 1. The smallest absolute Gasteiger partial charge is 0.338 e. The molecule has 4 aromatic rings. The van der Waals surface area contributed by atoms with Crippen LogP contribution in [0.3, 0.4) is 0 Å². The van der Waals surface area contributed by atoms with E-state index in [-0.39, 0.29) is 26.4 Å². The van der Waals surface area contributed by atoms with E-state index in [1.807, 2.05) is 103 Å². The van der Waals surface area contributed by atoms with Gasteiger partial charge in [0.25, 0.3) is 0 Å². The van der Waals surface area contributed by atoms with Gasteiger partial charge in [0, 0.05) is 12.2 Å². The van der Waals surface area contributed by atoms with Crippen LogP contribution in [0.15, 0.2) is 115 Å². The molecule has 6 atom stereocenters. The predicted molar refractivity (Wildman–Crippen MR) is 218 cm³/mol. The number of benzene rings is 4. The molecule has 8 heteroatoms. The summed E-state index contributed by atoms with van der Waals surface area (Å²) in [4.78, 5) is 13.5. The Bertz CT molecular complexity index is 1690. The molecule has 6 unspecified atom stereocenters. The second-order valence-electron chi connectivity index (χ2n) is 16.6. The Morgan fingerprint density at radius 3 is 1.69 bits per heavy atom. The van der Waals surface area contributed by atoms with Crippen LogP contribution in [0.25, 0.3) is 0 Å². The van der Waals surface area contributed by atoms with Crippen LogP contribution in [0.4, 0.5) is 5.69 Å². The second kappa shape index (κ2) is 20.2. The van der Waals surface area contributed by atoms with Crippen LogP contribution in [-0.2, 0) is 43.5 Å². The maximum atomic E-state index is 13.5. The zero-order valence-electron chi connectivity index (χ0n) is 33.5. The van der Waals surface area contributed by atoms with Crippen LogP contribution in [0.2, 0.25) is 0 Å². The quantitative estimate of drug-likeness (QED) is 0.0723. The van der Waals surface area contributed by atoms with Crippen LogP contribution in [0, 0.1) is 11.3 Å². The molecule has 2 N–H and O–H groups in total. The molecule has 4 aromatic carbocycles. The highest BCUT2D eigenvalue weighted by Crippen LogP contribution is 2.35. The Labute approximate surface area is 328 Å². The van der Waals surface area contributed by atoms with E-state index in [9.17, 15) is 9.90 Å². The molecule has 1 aliphatic heterocycles. The lowest BCUT2D eigenvalue weighted by atomic mass is 9.84. The molecule has 0 aliphatic carbocycles. The molecular formula is C47H61NO7. The highest BCUT2D eigenvalue weighted by atomic mass is 16.6. The monoisotopic (exact) mass is 751 g/mol. The zero-order valence-corrected chi connectivity index (χ0v) is 33.5. The lowest BCUT2D eigenvalue weighted by molar-refractivity contribution is -0.295. The summed E-state index contributed by atoms with van der Waals surface area (Å²) >= 11 is 0. The zero-order chi connectivity index (χ0) is 39.3. The van der Waals surface area contributed by atoms with E-state index >= 15 is 0 Å². The Hall–Kier alpha value is -4.05. The van der Waals surface area contributed by atoms with E-state index in [1.165, 1.54) is 12.8 Å². The molecule has 1 saturated heterocycles. The Morgan fingerprint density at radius 1 is 0.709 bits per heavy atom. The molecule has 5 rings (SSSR count). The maximum absolute atomic E-state index is 13.5. The van der Waals surface area contributed by atoms with Crippen LogP contribution >= 0.6 is 0 Å². The molecule has 296 valence electrons. The van der Waals surface area contributed by atoms with Crippen molar-refractivity contribution in [2.75, 3.05) is 18.5 Å². The van der Waals surface area contributed by atoms with Gasteiger partial charge in [0.15, 0.2) is 0 Å². The van der Waals surface area contributed by atoms with Gasteiger partial charge in [-0.2, -0.15) is 0 Å². The first-order valence-corrected chi connectivity index (χ1v) is 19.7. The Kier molecular flexibility index (Phi) is 15.5. The van der Waals surface area contributed by atoms with Gasteiger partial charge in [0.1, 0.15) is 37.1 Å². The Morgan fingerprint density at radius 2 is 1.20 bits per heavy atom. The van der Waals surface area contributed by atoms with Gasteiger partial charge in [-0.05, 0) is 85.4 Å². The van der Waals surface area contributed by atoms with Gasteiger partial charge in [-0.25, -0.2) is 4.79 Å². The van der Waals surface area contributed by atoms with Crippen molar-refractivity contribution in [2.45, 2.75) is 117 Å². The van der Waals surface area contributed by atoms with Crippen LogP contribution < -0.4 is 5.32 Å². The third-order valence-corrected chi connectivity index (χ3v) is 9.85. The molecule has 0 radical (unpaired) electrons. The summed E-state index contributed by atoms with van der Waals surface area (Å²) in [6.45, 7) is 14.2. The number of hydrogen-bond donors (Lipinski definition) is 2. The van der Waals surface area contributed by atoms with Crippen molar-refractivity contribution in [3.05, 3.63) is 138 Å². The van der Waals surface area contributed by atoms with E-state index in [2.05, 4.69) is 33.0 Å². The Balaban J connectivity index is 1.32. The van der Waals surface area contributed by atoms with Crippen molar-refractivity contribution in [2.24, 2.45) is 11.3 Å². The van der Waals surface area contributed by atoms with Gasteiger partial charge in [-0.15, -0.1) is 0 Å². The number of rotatable bonds is 19. The third kappa shape index (κ3) is 13.6. The van der Waals surface area contributed by atoms with Crippen molar-refractivity contribution in [3.63, 3.8) is 0 Å². The minimum absolute atomic E-state index is 0.117. The normalized spacial score (nSPS) is 20.8. The van der Waals surface area contributed by atoms with Gasteiger partial charge in [0.05, 0.1) is 31.0 Å². The fourth-order valence-electron chi connectivity index (χ4n) is 7.29. The molecule has 0 spiro atoms. The molecule has 0 bridgehead atoms. The first-order valence-electron chi connectivity index (χ1n) is 19.7. The SMILES string of the molecule is CC(CCCNc1ccc(C(=O)OCC2OC(C(C)(C)O)C(OCc3ccccc3)C(OCc3ccccc3)C2OCc2ccccc2)cc1)CC(C)(C)C. The van der Waals surface area contributed by atoms with E-state index < -0.39 is 42.1 Å². The summed E-state index contributed by atoms with van der Waals surface area (Å²) in [6, 6.07) is 37.0. The number of aliphatic hydroxyl groups is 1. The summed E-state index contributed by atoms with van der Waals surface area (Å²) in [6.07, 6.45) is -0.286. The van der Waals surface area contributed by atoms with E-state index in [0.29, 0.717) is 16.9 Å². The molecular weight excluding hydrogens is 691 g/mol. The van der Waals surface area contributed by atoms with Gasteiger partial charge in [0.2, 0.25) is 0 Å². The van der Waals surface area contributed by atoms with Crippen LogP contribution in [-0.4, -0.2) is 60.3 Å². The number of carbonyl (C=O) groups excluding carboxylic acids is 1. The first kappa shape index (κ1) is 42.1. The fourth-order valence-corrected chi connectivity index (χ4v) is 7.29. The fraction of sp³-hybridized carbons (Fsp3) is 0.468. The number of carbonyl (C=O) groups is 1. The highest BCUT2D eigenvalue weighted by Gasteiger charge is 2.53. The second-order valence-corrected chi connectivity index (χ2v) is 16.6. The van der Waals surface area contributed by atoms with Crippen LogP contribution in [0.1, 0.15) is 87.9 Å². The molecule has 1 fully saturated rings. The van der Waals surface area contributed by atoms with Crippen molar-refractivity contribution < 1.29 is 33.6 Å². The number of ether oxygens (including phenoxy) is 5. The lowest BCUT2D eigenvalue weighted by Crippen LogP contribution is -2.65. The molecule has 0 amide bonds. The molecule has 8 nitrogen and oxygen atoms in total. The summed E-state index contributed by atoms with van der Waals surface area (Å²) < 4.78 is 32.6. The summed E-state index contributed by atoms with van der Waals surface area (Å²) in [5.41, 5.74) is 3.32. The topological polar surface area (TPSA) is 95.5 Å². The van der Waals surface area contributed by atoms with Crippen molar-refractivity contribution in [1.82, 2.24) is 0 Å². The molecule has 55 heavy (non-hydrogen) atoms. The summed E-state index contributed by atoms with van der Waals surface area (Å²) in [7, 11) is 0. The van der Waals surface area contributed by atoms with E-state index in [0.717, 1.165) is 35.3 Å². The van der Waals surface area contributed by atoms with Gasteiger partial charge < -0.3 is 34.1 Å². The first-order chi connectivity index (χ1) is 26.4. The van der Waals surface area contributed by atoms with Gasteiger partial charge in [-0.1, -0.05) is 119 Å². The number of nitrogens with one attached hydrogen (secondary N) is 1. The average Bonchev–Trinajstić information content (AvgIpc) is 3.16. The van der Waals surface area contributed by atoms with Gasteiger partial charge >= 0.3 is 5.97 Å². The molecule has 1 aliphatic rings. The van der Waals surface area contributed by atoms with Crippen molar-refractivity contribution >= 4 is 11.7 Å². The van der Waals surface area contributed by atoms with Crippen molar-refractivity contribution in [1.29, 1.82) is 0 Å². The number of anilines is 1. The molecule has 0 aromatic heterocycles. The van der Waals surface area contributed by atoms with Crippen LogP contribution in [0.5, 0.6) is 0 Å². The van der Waals surface area contributed by atoms with E-state index in [1.54, 1.807) is 26.0 Å². The summed E-state index contributed by atoms with van der Waals surface area (Å²) in [5, 5.41) is 15.0. The van der Waals surface area contributed by atoms with Gasteiger partial charge in [-0.3, -0.25) is 0 Å². The average molecular weight is 752 g/mol. The highest BCUT2D eigenvalue weighted by molar-refractivity contribution is 5.89. The standard InChI is InChI=1S/C47H61NO7/c1-34(29-46(2,3)4)17-16-28-48-39-26-24-38(25-27-39)45(49)54-33-40-41(51-30-35-18-10-7-11-19-35)42(52-31-36-20-12-8-13-21-36)43(44(55-40)47(5,6)50)53-32-37-22-14-9-15-23-37/h7-15,18-27,34,40-44,48,50H,16-17,28-33H2,1-6H3.